The standard InChI is InChI=1S/C6H12N2/c1-6(4-7-2)5-8-3/h4,8H,1,5H2,2-3H3/b7-4-. The Kier molecular flexibility index (Phi) is 4.17. The molecular weight excluding hydrogens is 100 g/mol. The summed E-state index contributed by atoms with van der Waals surface area (Å²) in [5.41, 5.74) is 1.01. The van der Waals surface area contributed by atoms with Crippen LogP contribution in [0.2, 0.25) is 0 Å². The van der Waals surface area contributed by atoms with Gasteiger partial charge >= 0.3 is 0 Å². The number of hydrogen-bond acceptors (Lipinski definition) is 2. The van der Waals surface area contributed by atoms with Gasteiger partial charge < -0.3 is 5.32 Å². The number of rotatable bonds is 3. The van der Waals surface area contributed by atoms with Crippen molar-refractivity contribution in [2.45, 2.75) is 0 Å². The van der Waals surface area contributed by atoms with Gasteiger partial charge in [0.1, 0.15) is 0 Å². The molecule has 0 aromatic heterocycles. The van der Waals surface area contributed by atoms with E-state index in [9.17, 15) is 0 Å². The summed E-state index contributed by atoms with van der Waals surface area (Å²) < 4.78 is 0. The largest absolute Gasteiger partial charge is 0.316 e. The lowest BCUT2D eigenvalue weighted by atomic mass is 10.3. The first-order valence-electron chi connectivity index (χ1n) is 2.55. The number of aliphatic imine (C=N–C) groups is 1. The van der Waals surface area contributed by atoms with Gasteiger partial charge in [-0.05, 0) is 12.6 Å². The Balaban J connectivity index is 3.33. The Morgan fingerprint density at radius 3 is 2.88 bits per heavy atom. The molecule has 0 aromatic rings. The van der Waals surface area contributed by atoms with Crippen LogP contribution in [-0.2, 0) is 0 Å². The molecule has 0 aliphatic rings. The third kappa shape index (κ3) is 3.56. The van der Waals surface area contributed by atoms with Crippen LogP contribution in [0, 0.1) is 0 Å². The predicted molar refractivity (Wildman–Crippen MR) is 37.5 cm³/mol. The second kappa shape index (κ2) is 4.53. The van der Waals surface area contributed by atoms with Crippen molar-refractivity contribution < 1.29 is 0 Å². The summed E-state index contributed by atoms with van der Waals surface area (Å²) in [7, 11) is 3.62. The van der Waals surface area contributed by atoms with Crippen molar-refractivity contribution in [3.8, 4) is 0 Å². The minimum Gasteiger partial charge on any atom is -0.316 e. The van der Waals surface area contributed by atoms with E-state index in [2.05, 4.69) is 16.9 Å². The zero-order valence-corrected chi connectivity index (χ0v) is 5.44. The molecule has 0 radical (unpaired) electrons. The molecule has 46 valence electrons. The minimum absolute atomic E-state index is 0.817. The number of nitrogens with one attached hydrogen (secondary N) is 1. The van der Waals surface area contributed by atoms with Crippen LogP contribution in [0.1, 0.15) is 0 Å². The normalized spacial score (nSPS) is 10.2. The molecule has 0 spiro atoms. The molecule has 2 nitrogen and oxygen atoms in total. The molecule has 2 heteroatoms. The average molecular weight is 112 g/mol. The van der Waals surface area contributed by atoms with Crippen molar-refractivity contribution in [3.05, 3.63) is 12.2 Å². The van der Waals surface area contributed by atoms with E-state index < -0.39 is 0 Å². The third-order valence-corrected chi connectivity index (χ3v) is 0.716. The lowest BCUT2D eigenvalue weighted by Crippen LogP contribution is -2.10. The smallest absolute Gasteiger partial charge is 0.0277 e. The predicted octanol–water partition coefficient (Wildman–Crippen LogP) is 0.463. The van der Waals surface area contributed by atoms with Crippen molar-refractivity contribution in [1.82, 2.24) is 5.32 Å². The van der Waals surface area contributed by atoms with Crippen LogP contribution in [-0.4, -0.2) is 26.9 Å². The lowest BCUT2D eigenvalue weighted by molar-refractivity contribution is 0.907. The zero-order valence-electron chi connectivity index (χ0n) is 5.44. The fraction of sp³-hybridized carbons (Fsp3) is 0.500. The fourth-order valence-electron chi connectivity index (χ4n) is 0.455. The Labute approximate surface area is 50.3 Å². The third-order valence-electron chi connectivity index (χ3n) is 0.716. The van der Waals surface area contributed by atoms with Gasteiger partial charge in [-0.15, -0.1) is 0 Å². The van der Waals surface area contributed by atoms with Crippen LogP contribution in [0.4, 0.5) is 0 Å². The summed E-state index contributed by atoms with van der Waals surface area (Å²) in [5, 5.41) is 2.96. The summed E-state index contributed by atoms with van der Waals surface area (Å²) >= 11 is 0. The first-order chi connectivity index (χ1) is 3.81. The van der Waals surface area contributed by atoms with E-state index in [1.165, 1.54) is 0 Å². The SMILES string of the molecule is C=C(/C=N\C)CNC. The molecule has 0 amide bonds. The highest BCUT2D eigenvalue weighted by Gasteiger charge is 1.81. The van der Waals surface area contributed by atoms with Crippen LogP contribution >= 0.6 is 0 Å². The van der Waals surface area contributed by atoms with Gasteiger partial charge in [-0.25, -0.2) is 0 Å². The van der Waals surface area contributed by atoms with Gasteiger partial charge in [-0.1, -0.05) is 6.58 Å². The summed E-state index contributed by atoms with van der Waals surface area (Å²) in [6, 6.07) is 0. The summed E-state index contributed by atoms with van der Waals surface area (Å²) in [6.45, 7) is 4.54. The average Bonchev–Trinajstić information content (AvgIpc) is 1.68. The van der Waals surface area contributed by atoms with Crippen molar-refractivity contribution in [2.75, 3.05) is 20.6 Å². The van der Waals surface area contributed by atoms with Crippen molar-refractivity contribution >= 4 is 6.21 Å². The van der Waals surface area contributed by atoms with Crippen molar-refractivity contribution in [3.63, 3.8) is 0 Å². The fourth-order valence-corrected chi connectivity index (χ4v) is 0.455. The van der Waals surface area contributed by atoms with Gasteiger partial charge in [0.25, 0.3) is 0 Å². The van der Waals surface area contributed by atoms with E-state index in [0.717, 1.165) is 12.1 Å². The summed E-state index contributed by atoms with van der Waals surface area (Å²) in [5.74, 6) is 0. The zero-order chi connectivity index (χ0) is 6.41. The summed E-state index contributed by atoms with van der Waals surface area (Å²) in [6.07, 6.45) is 1.75. The highest BCUT2D eigenvalue weighted by molar-refractivity contribution is 5.77. The molecule has 0 atom stereocenters. The molecule has 0 saturated heterocycles. The van der Waals surface area contributed by atoms with Gasteiger partial charge in [0.2, 0.25) is 0 Å². The topological polar surface area (TPSA) is 24.4 Å². The van der Waals surface area contributed by atoms with E-state index in [1.807, 2.05) is 7.05 Å². The Bertz CT molecular complexity index is 94.7. The molecule has 0 aliphatic heterocycles. The second-order valence-corrected chi connectivity index (χ2v) is 1.58. The number of hydrogen-bond donors (Lipinski definition) is 1. The van der Waals surface area contributed by atoms with Gasteiger partial charge in [0.15, 0.2) is 0 Å². The van der Waals surface area contributed by atoms with E-state index in [0.29, 0.717) is 0 Å². The lowest BCUT2D eigenvalue weighted by Gasteiger charge is -1.93. The van der Waals surface area contributed by atoms with Gasteiger partial charge in [0, 0.05) is 19.8 Å². The van der Waals surface area contributed by atoms with Crippen LogP contribution in [0.25, 0.3) is 0 Å². The number of likely N-dealkylation sites (N-methyl/N-ethyl adjacent to an activating group) is 1. The molecule has 8 heavy (non-hydrogen) atoms. The van der Waals surface area contributed by atoms with E-state index in [-0.39, 0.29) is 0 Å². The highest BCUT2D eigenvalue weighted by Crippen LogP contribution is 1.78. The van der Waals surface area contributed by atoms with Crippen LogP contribution in [0.5, 0.6) is 0 Å². The quantitative estimate of drug-likeness (QED) is 0.527. The Hall–Kier alpha value is -0.630. The van der Waals surface area contributed by atoms with Gasteiger partial charge in [0.05, 0.1) is 0 Å². The van der Waals surface area contributed by atoms with Crippen molar-refractivity contribution in [2.24, 2.45) is 4.99 Å². The van der Waals surface area contributed by atoms with Gasteiger partial charge in [-0.3, -0.25) is 4.99 Å². The Morgan fingerprint density at radius 2 is 2.50 bits per heavy atom. The first-order valence-corrected chi connectivity index (χ1v) is 2.55. The molecular formula is C6H12N2. The second-order valence-electron chi connectivity index (χ2n) is 1.58. The molecule has 0 heterocycles. The first kappa shape index (κ1) is 7.37. The Morgan fingerprint density at radius 1 is 1.88 bits per heavy atom. The molecule has 0 aromatic carbocycles. The summed E-state index contributed by atoms with van der Waals surface area (Å²) in [4.78, 5) is 3.79. The minimum atomic E-state index is 0.817. The van der Waals surface area contributed by atoms with Crippen LogP contribution in [0.3, 0.4) is 0 Å². The molecule has 0 rings (SSSR count). The molecule has 0 fully saturated rings. The van der Waals surface area contributed by atoms with E-state index >= 15 is 0 Å². The van der Waals surface area contributed by atoms with E-state index in [4.69, 9.17) is 0 Å². The maximum absolute atomic E-state index is 3.79. The van der Waals surface area contributed by atoms with Gasteiger partial charge in [-0.2, -0.15) is 0 Å². The molecule has 1 N–H and O–H groups in total. The molecule has 0 unspecified atom stereocenters. The van der Waals surface area contributed by atoms with Crippen LogP contribution in [0.15, 0.2) is 17.1 Å². The van der Waals surface area contributed by atoms with Crippen molar-refractivity contribution in [1.29, 1.82) is 0 Å². The van der Waals surface area contributed by atoms with Crippen LogP contribution < -0.4 is 5.32 Å². The number of nitrogens with zero attached hydrogens (tertiary/aromatic N) is 1. The molecule has 0 saturated carbocycles. The van der Waals surface area contributed by atoms with E-state index in [1.54, 1.807) is 13.3 Å². The maximum Gasteiger partial charge on any atom is 0.0277 e. The monoisotopic (exact) mass is 112 g/mol. The highest BCUT2D eigenvalue weighted by atomic mass is 14.8. The molecule has 0 bridgehead atoms. The molecule has 0 aliphatic carbocycles. The maximum atomic E-state index is 3.79.